The number of nitrogens with one attached hydrogen (secondary N) is 1. The first kappa shape index (κ1) is 15.5. The summed E-state index contributed by atoms with van der Waals surface area (Å²) in [4.78, 5) is 13.9. The van der Waals surface area contributed by atoms with Crippen LogP contribution in [0, 0.1) is 0 Å². The fourth-order valence-electron chi connectivity index (χ4n) is 2.44. The molecule has 1 saturated heterocycles. The molecule has 0 aromatic heterocycles. The largest absolute Gasteiger partial charge is 0.489 e. The zero-order valence-electron chi connectivity index (χ0n) is 12.9. The van der Waals surface area contributed by atoms with E-state index in [1.807, 2.05) is 36.9 Å². The molecule has 1 aromatic carbocycles. The Morgan fingerprint density at radius 2 is 2.10 bits per heavy atom. The van der Waals surface area contributed by atoms with E-state index in [2.05, 4.69) is 5.32 Å². The van der Waals surface area contributed by atoms with Gasteiger partial charge in [0.1, 0.15) is 5.75 Å². The second-order valence-electron chi connectivity index (χ2n) is 5.68. The number of nitrogen functional groups attached to an aromatic ring is 1. The van der Waals surface area contributed by atoms with E-state index in [0.717, 1.165) is 31.6 Å². The van der Waals surface area contributed by atoms with Crippen molar-refractivity contribution >= 4 is 17.3 Å². The summed E-state index contributed by atoms with van der Waals surface area (Å²) >= 11 is 0. The van der Waals surface area contributed by atoms with Crippen LogP contribution in [-0.4, -0.2) is 36.5 Å². The van der Waals surface area contributed by atoms with Gasteiger partial charge in [0.15, 0.2) is 0 Å². The fraction of sp³-hybridized carbons (Fsp3) is 0.562. The summed E-state index contributed by atoms with van der Waals surface area (Å²) in [6.07, 6.45) is 2.87. The molecule has 0 saturated carbocycles. The van der Waals surface area contributed by atoms with Gasteiger partial charge in [0.05, 0.1) is 11.8 Å². The van der Waals surface area contributed by atoms with Gasteiger partial charge in [-0.05, 0) is 38.8 Å². The minimum Gasteiger partial charge on any atom is -0.489 e. The van der Waals surface area contributed by atoms with Crippen molar-refractivity contribution in [3.63, 3.8) is 0 Å². The molecule has 1 aliphatic heterocycles. The molecule has 0 atom stereocenters. The van der Waals surface area contributed by atoms with E-state index in [1.54, 1.807) is 0 Å². The lowest BCUT2D eigenvalue weighted by molar-refractivity contribution is -0.129. The Hall–Kier alpha value is -1.91. The lowest BCUT2D eigenvalue weighted by Crippen LogP contribution is -2.29. The Morgan fingerprint density at radius 1 is 1.38 bits per heavy atom. The number of carbonyl (C=O) groups is 1. The third-order valence-corrected chi connectivity index (χ3v) is 3.50. The number of hydrogen-bond acceptors (Lipinski definition) is 4. The molecular weight excluding hydrogens is 266 g/mol. The number of benzene rings is 1. The topological polar surface area (TPSA) is 67.6 Å². The predicted octanol–water partition coefficient (Wildman–Crippen LogP) is 2.48. The maximum atomic E-state index is 11.9. The van der Waals surface area contributed by atoms with Crippen molar-refractivity contribution in [1.82, 2.24) is 4.90 Å². The number of anilines is 2. The Kier molecular flexibility index (Phi) is 5.31. The number of amides is 1. The average Bonchev–Trinajstić information content (AvgIpc) is 2.96. The van der Waals surface area contributed by atoms with Gasteiger partial charge in [-0.1, -0.05) is 0 Å². The standard InChI is InChI=1S/C16H25N3O2/c1-12(2)21-15-11-13(5-6-14(15)17)18-8-7-16(20)19-9-3-4-10-19/h5-6,11-12,18H,3-4,7-10,17H2,1-2H3. The van der Waals surface area contributed by atoms with E-state index in [1.165, 1.54) is 0 Å². The molecule has 1 amide bonds. The first-order chi connectivity index (χ1) is 10.1. The van der Waals surface area contributed by atoms with E-state index < -0.39 is 0 Å². The molecule has 21 heavy (non-hydrogen) atoms. The van der Waals surface area contributed by atoms with Gasteiger partial charge < -0.3 is 20.7 Å². The monoisotopic (exact) mass is 291 g/mol. The molecule has 1 heterocycles. The van der Waals surface area contributed by atoms with Crippen molar-refractivity contribution in [1.29, 1.82) is 0 Å². The molecule has 2 rings (SSSR count). The predicted molar refractivity (Wildman–Crippen MR) is 85.5 cm³/mol. The lowest BCUT2D eigenvalue weighted by atomic mass is 10.2. The van der Waals surface area contributed by atoms with Crippen molar-refractivity contribution in [2.24, 2.45) is 0 Å². The van der Waals surface area contributed by atoms with Crippen LogP contribution >= 0.6 is 0 Å². The normalized spacial score (nSPS) is 14.5. The van der Waals surface area contributed by atoms with Gasteiger partial charge in [0.2, 0.25) is 5.91 Å². The average molecular weight is 291 g/mol. The minimum absolute atomic E-state index is 0.0827. The van der Waals surface area contributed by atoms with Crippen molar-refractivity contribution in [3.8, 4) is 5.75 Å². The van der Waals surface area contributed by atoms with Gasteiger partial charge in [-0.15, -0.1) is 0 Å². The zero-order chi connectivity index (χ0) is 15.2. The minimum atomic E-state index is 0.0827. The third kappa shape index (κ3) is 4.55. The van der Waals surface area contributed by atoms with Crippen molar-refractivity contribution in [3.05, 3.63) is 18.2 Å². The number of nitrogens with two attached hydrogens (primary N) is 1. The number of nitrogens with zero attached hydrogens (tertiary/aromatic N) is 1. The number of rotatable bonds is 6. The highest BCUT2D eigenvalue weighted by molar-refractivity contribution is 5.77. The highest BCUT2D eigenvalue weighted by Gasteiger charge is 2.17. The molecule has 0 unspecified atom stereocenters. The maximum Gasteiger partial charge on any atom is 0.224 e. The molecule has 1 aliphatic rings. The third-order valence-electron chi connectivity index (χ3n) is 3.50. The van der Waals surface area contributed by atoms with Gasteiger partial charge in [-0.2, -0.15) is 0 Å². The molecule has 1 fully saturated rings. The van der Waals surface area contributed by atoms with Crippen LogP contribution in [0.2, 0.25) is 0 Å². The quantitative estimate of drug-likeness (QED) is 0.790. The van der Waals surface area contributed by atoms with Crippen LogP contribution in [-0.2, 0) is 4.79 Å². The van der Waals surface area contributed by atoms with Gasteiger partial charge in [-0.25, -0.2) is 0 Å². The van der Waals surface area contributed by atoms with Crippen LogP contribution in [0.3, 0.4) is 0 Å². The summed E-state index contributed by atoms with van der Waals surface area (Å²) in [5, 5.41) is 3.26. The number of likely N-dealkylation sites (tertiary alicyclic amines) is 1. The van der Waals surface area contributed by atoms with Crippen molar-refractivity contribution in [2.45, 2.75) is 39.2 Å². The van der Waals surface area contributed by atoms with E-state index >= 15 is 0 Å². The van der Waals surface area contributed by atoms with Gasteiger partial charge in [0.25, 0.3) is 0 Å². The maximum absolute atomic E-state index is 11.9. The van der Waals surface area contributed by atoms with Crippen LogP contribution in [0.15, 0.2) is 18.2 Å². The molecule has 5 heteroatoms. The highest BCUT2D eigenvalue weighted by atomic mass is 16.5. The Morgan fingerprint density at radius 3 is 2.76 bits per heavy atom. The molecule has 0 spiro atoms. The molecule has 0 bridgehead atoms. The number of hydrogen-bond donors (Lipinski definition) is 2. The second-order valence-corrected chi connectivity index (χ2v) is 5.68. The van der Waals surface area contributed by atoms with Crippen molar-refractivity contribution in [2.75, 3.05) is 30.7 Å². The Labute approximate surface area is 126 Å². The summed E-state index contributed by atoms with van der Waals surface area (Å²) in [5.41, 5.74) is 7.44. The fourth-order valence-corrected chi connectivity index (χ4v) is 2.44. The second kappa shape index (κ2) is 7.20. The first-order valence-electron chi connectivity index (χ1n) is 7.64. The molecule has 0 aliphatic carbocycles. The summed E-state index contributed by atoms with van der Waals surface area (Å²) in [5.74, 6) is 0.912. The van der Waals surface area contributed by atoms with E-state index in [-0.39, 0.29) is 12.0 Å². The summed E-state index contributed by atoms with van der Waals surface area (Å²) in [6.45, 7) is 6.38. The molecule has 0 radical (unpaired) electrons. The SMILES string of the molecule is CC(C)Oc1cc(NCCC(=O)N2CCCC2)ccc1N. The number of ether oxygens (including phenoxy) is 1. The zero-order valence-corrected chi connectivity index (χ0v) is 12.9. The van der Waals surface area contributed by atoms with E-state index in [4.69, 9.17) is 10.5 Å². The Bertz CT molecular complexity index is 482. The van der Waals surface area contributed by atoms with Gasteiger partial charge in [0, 0.05) is 37.8 Å². The van der Waals surface area contributed by atoms with Crippen LogP contribution in [0.25, 0.3) is 0 Å². The molecule has 3 N–H and O–H groups in total. The van der Waals surface area contributed by atoms with Crippen LogP contribution in [0.5, 0.6) is 5.75 Å². The van der Waals surface area contributed by atoms with E-state index in [9.17, 15) is 4.79 Å². The first-order valence-corrected chi connectivity index (χ1v) is 7.64. The van der Waals surface area contributed by atoms with Gasteiger partial charge in [-0.3, -0.25) is 4.79 Å². The molecule has 5 nitrogen and oxygen atoms in total. The van der Waals surface area contributed by atoms with Crippen LogP contribution in [0.4, 0.5) is 11.4 Å². The molecule has 1 aromatic rings. The summed E-state index contributed by atoms with van der Waals surface area (Å²) in [7, 11) is 0. The van der Waals surface area contributed by atoms with Crippen LogP contribution in [0.1, 0.15) is 33.1 Å². The summed E-state index contributed by atoms with van der Waals surface area (Å²) in [6, 6.07) is 5.61. The molecule has 116 valence electrons. The summed E-state index contributed by atoms with van der Waals surface area (Å²) < 4.78 is 5.65. The van der Waals surface area contributed by atoms with E-state index in [0.29, 0.717) is 24.4 Å². The Balaban J connectivity index is 1.83. The number of carbonyl (C=O) groups excluding carboxylic acids is 1. The lowest BCUT2D eigenvalue weighted by Gasteiger charge is -2.16. The van der Waals surface area contributed by atoms with Gasteiger partial charge >= 0.3 is 0 Å². The molecular formula is C16H25N3O2. The smallest absolute Gasteiger partial charge is 0.224 e. The van der Waals surface area contributed by atoms with Crippen molar-refractivity contribution < 1.29 is 9.53 Å². The van der Waals surface area contributed by atoms with Crippen LogP contribution < -0.4 is 15.8 Å². The highest BCUT2D eigenvalue weighted by Crippen LogP contribution is 2.26.